The van der Waals surface area contributed by atoms with E-state index in [0.717, 1.165) is 6.20 Å². The van der Waals surface area contributed by atoms with Crippen molar-refractivity contribution in [1.29, 1.82) is 0 Å². The van der Waals surface area contributed by atoms with Crippen molar-refractivity contribution in [2.75, 3.05) is 0 Å². The van der Waals surface area contributed by atoms with Gasteiger partial charge in [0.25, 0.3) is 6.43 Å². The number of halogens is 3. The number of rotatable bonds is 3. The zero-order chi connectivity index (χ0) is 15.2. The standard InChI is InChI=1S/C15H17F3N2O/c1-2-15(13(17)18)6-11-3-4-12(20(11)14(15)21)9-5-10(16)8-19-7-9/h5,7-8,11-13H,2-4,6H2,1H3/t11-,12?,15?/m0/s1. The van der Waals surface area contributed by atoms with Crippen LogP contribution in [0.15, 0.2) is 18.5 Å². The molecule has 1 aromatic heterocycles. The Morgan fingerprint density at radius 1 is 1.43 bits per heavy atom. The highest BCUT2D eigenvalue weighted by molar-refractivity contribution is 5.86. The van der Waals surface area contributed by atoms with E-state index in [4.69, 9.17) is 0 Å². The summed E-state index contributed by atoms with van der Waals surface area (Å²) < 4.78 is 40.2. The molecule has 3 heterocycles. The summed E-state index contributed by atoms with van der Waals surface area (Å²) in [7, 11) is 0. The van der Waals surface area contributed by atoms with E-state index in [1.54, 1.807) is 11.8 Å². The van der Waals surface area contributed by atoms with E-state index in [9.17, 15) is 18.0 Å². The molecule has 114 valence electrons. The van der Waals surface area contributed by atoms with Gasteiger partial charge in [-0.25, -0.2) is 13.2 Å². The van der Waals surface area contributed by atoms with Gasteiger partial charge in [0.05, 0.1) is 12.2 Å². The van der Waals surface area contributed by atoms with Gasteiger partial charge >= 0.3 is 0 Å². The zero-order valence-corrected chi connectivity index (χ0v) is 11.7. The zero-order valence-electron chi connectivity index (χ0n) is 11.7. The summed E-state index contributed by atoms with van der Waals surface area (Å²) in [5.41, 5.74) is -0.976. The van der Waals surface area contributed by atoms with Crippen molar-refractivity contribution in [1.82, 2.24) is 9.88 Å². The number of aromatic nitrogens is 1. The second kappa shape index (κ2) is 5.00. The van der Waals surface area contributed by atoms with Crippen LogP contribution in [0.3, 0.4) is 0 Å². The minimum atomic E-state index is -2.66. The normalized spacial score (nSPS) is 32.0. The number of pyridine rings is 1. The van der Waals surface area contributed by atoms with Crippen molar-refractivity contribution in [2.45, 2.75) is 51.1 Å². The summed E-state index contributed by atoms with van der Waals surface area (Å²) in [6, 6.07) is 0.833. The Balaban J connectivity index is 1.94. The molecule has 2 unspecified atom stereocenters. The lowest BCUT2D eigenvalue weighted by Gasteiger charge is -2.29. The molecule has 0 bridgehead atoms. The lowest BCUT2D eigenvalue weighted by molar-refractivity contribution is -0.146. The van der Waals surface area contributed by atoms with Gasteiger partial charge in [0.1, 0.15) is 11.2 Å². The van der Waals surface area contributed by atoms with Gasteiger partial charge in [0.2, 0.25) is 5.91 Å². The first-order chi connectivity index (χ1) is 9.99. The second-order valence-corrected chi connectivity index (χ2v) is 5.91. The molecule has 6 heteroatoms. The van der Waals surface area contributed by atoms with E-state index in [1.165, 1.54) is 12.3 Å². The number of nitrogens with zero attached hydrogens (tertiary/aromatic N) is 2. The van der Waals surface area contributed by atoms with Crippen molar-refractivity contribution in [3.63, 3.8) is 0 Å². The third-order valence-corrected chi connectivity index (χ3v) is 4.92. The lowest BCUT2D eigenvalue weighted by atomic mass is 9.81. The molecule has 2 saturated heterocycles. The molecule has 3 rings (SSSR count). The molecule has 3 nitrogen and oxygen atoms in total. The Bertz CT molecular complexity index is 566. The molecule has 0 saturated carbocycles. The molecule has 2 aliphatic heterocycles. The fraction of sp³-hybridized carbons (Fsp3) is 0.600. The van der Waals surface area contributed by atoms with Crippen molar-refractivity contribution < 1.29 is 18.0 Å². The maximum Gasteiger partial charge on any atom is 0.252 e. The van der Waals surface area contributed by atoms with E-state index < -0.39 is 23.6 Å². The molecule has 0 N–H and O–H groups in total. The molecule has 2 fully saturated rings. The number of alkyl halides is 2. The highest BCUT2D eigenvalue weighted by Gasteiger charge is 2.59. The molecular weight excluding hydrogens is 281 g/mol. The van der Waals surface area contributed by atoms with Gasteiger partial charge in [0.15, 0.2) is 0 Å². The van der Waals surface area contributed by atoms with Crippen molar-refractivity contribution in [2.24, 2.45) is 5.41 Å². The van der Waals surface area contributed by atoms with Gasteiger partial charge in [-0.15, -0.1) is 0 Å². The van der Waals surface area contributed by atoms with Gasteiger partial charge < -0.3 is 4.90 Å². The molecule has 3 atom stereocenters. The Kier molecular flexibility index (Phi) is 3.42. The first-order valence-corrected chi connectivity index (χ1v) is 7.21. The van der Waals surface area contributed by atoms with Crippen LogP contribution < -0.4 is 0 Å². The highest BCUT2D eigenvalue weighted by Crippen LogP contribution is 2.52. The van der Waals surface area contributed by atoms with E-state index in [1.807, 2.05) is 0 Å². The van der Waals surface area contributed by atoms with Crippen LogP contribution in [0.4, 0.5) is 13.2 Å². The van der Waals surface area contributed by atoms with Gasteiger partial charge in [-0.05, 0) is 37.3 Å². The topological polar surface area (TPSA) is 33.2 Å². The van der Waals surface area contributed by atoms with Crippen LogP contribution in [0.5, 0.6) is 0 Å². The molecule has 0 aliphatic carbocycles. The summed E-state index contributed by atoms with van der Waals surface area (Å²) in [6.45, 7) is 1.63. The third-order valence-electron chi connectivity index (χ3n) is 4.92. The summed E-state index contributed by atoms with van der Waals surface area (Å²) in [5.74, 6) is -0.963. The predicted molar refractivity (Wildman–Crippen MR) is 70.1 cm³/mol. The Morgan fingerprint density at radius 3 is 2.81 bits per heavy atom. The summed E-state index contributed by atoms with van der Waals surface area (Å²) >= 11 is 0. The van der Waals surface area contributed by atoms with Crippen LogP contribution >= 0.6 is 0 Å². The first kappa shape index (κ1) is 14.4. The van der Waals surface area contributed by atoms with E-state index in [0.29, 0.717) is 18.4 Å². The number of carbonyl (C=O) groups is 1. The number of amides is 1. The minimum absolute atomic E-state index is 0.130. The predicted octanol–water partition coefficient (Wildman–Crippen LogP) is 3.32. The number of hydrogen-bond donors (Lipinski definition) is 0. The van der Waals surface area contributed by atoms with Crippen molar-refractivity contribution >= 4 is 5.91 Å². The molecule has 0 spiro atoms. The smallest absolute Gasteiger partial charge is 0.252 e. The fourth-order valence-corrected chi connectivity index (χ4v) is 3.73. The highest BCUT2D eigenvalue weighted by atomic mass is 19.3. The molecule has 0 aromatic carbocycles. The van der Waals surface area contributed by atoms with Crippen molar-refractivity contribution in [3.8, 4) is 0 Å². The molecule has 2 aliphatic rings. The largest absolute Gasteiger partial charge is 0.332 e. The molecular formula is C15H17F3N2O. The van der Waals surface area contributed by atoms with Crippen LogP contribution in [-0.2, 0) is 4.79 Å². The fourth-order valence-electron chi connectivity index (χ4n) is 3.73. The lowest BCUT2D eigenvalue weighted by Crippen LogP contribution is -2.40. The monoisotopic (exact) mass is 298 g/mol. The minimum Gasteiger partial charge on any atom is -0.332 e. The number of fused-ring (bicyclic) bond motifs is 1. The average Bonchev–Trinajstić information content (AvgIpc) is 2.98. The third kappa shape index (κ3) is 2.03. The average molecular weight is 298 g/mol. The maximum absolute atomic E-state index is 13.4. The van der Waals surface area contributed by atoms with Crippen molar-refractivity contribution in [3.05, 3.63) is 29.8 Å². The number of hydrogen-bond acceptors (Lipinski definition) is 2. The van der Waals surface area contributed by atoms with Crippen LogP contribution in [-0.4, -0.2) is 28.3 Å². The molecule has 1 amide bonds. The SMILES string of the molecule is CCC1(C(F)F)C[C@@H]2CCC(c3cncc(F)c3)N2C1=O. The van der Waals surface area contributed by atoms with Crippen LogP contribution in [0.1, 0.15) is 44.2 Å². The van der Waals surface area contributed by atoms with E-state index in [2.05, 4.69) is 4.98 Å². The van der Waals surface area contributed by atoms with Gasteiger partial charge in [-0.1, -0.05) is 6.92 Å². The van der Waals surface area contributed by atoms with Crippen LogP contribution in [0.25, 0.3) is 0 Å². The number of carbonyl (C=O) groups excluding carboxylic acids is 1. The summed E-state index contributed by atoms with van der Waals surface area (Å²) in [4.78, 5) is 17.9. The molecule has 0 radical (unpaired) electrons. The van der Waals surface area contributed by atoms with E-state index >= 15 is 0 Å². The molecule has 21 heavy (non-hydrogen) atoms. The Morgan fingerprint density at radius 2 is 2.19 bits per heavy atom. The molecule has 1 aromatic rings. The second-order valence-electron chi connectivity index (χ2n) is 5.91. The van der Waals surface area contributed by atoms with Crippen LogP contribution in [0, 0.1) is 11.2 Å². The van der Waals surface area contributed by atoms with E-state index in [-0.39, 0.29) is 24.9 Å². The van der Waals surface area contributed by atoms with Gasteiger partial charge in [-0.3, -0.25) is 9.78 Å². The Hall–Kier alpha value is -1.59. The van der Waals surface area contributed by atoms with Gasteiger partial charge in [-0.2, -0.15) is 0 Å². The maximum atomic E-state index is 13.4. The summed E-state index contributed by atoms with van der Waals surface area (Å²) in [6.07, 6.45) is 1.62. The summed E-state index contributed by atoms with van der Waals surface area (Å²) in [5, 5.41) is 0. The first-order valence-electron chi connectivity index (χ1n) is 7.21. The van der Waals surface area contributed by atoms with Gasteiger partial charge in [0, 0.05) is 12.2 Å². The quantitative estimate of drug-likeness (QED) is 0.857. The Labute approximate surface area is 121 Å². The van der Waals surface area contributed by atoms with Crippen LogP contribution in [0.2, 0.25) is 0 Å².